The highest BCUT2D eigenvalue weighted by molar-refractivity contribution is 7.18. The average molecular weight is 404 g/mol. The number of methoxy groups -OCH3 is 1. The van der Waals surface area contributed by atoms with Gasteiger partial charge >= 0.3 is 0 Å². The van der Waals surface area contributed by atoms with Gasteiger partial charge in [0.25, 0.3) is 5.56 Å². The van der Waals surface area contributed by atoms with Crippen LogP contribution in [0.5, 0.6) is 5.75 Å². The molecule has 6 heteroatoms. The van der Waals surface area contributed by atoms with Gasteiger partial charge in [-0.15, -0.1) is 11.3 Å². The normalized spacial score (nSPS) is 14.1. The van der Waals surface area contributed by atoms with Crippen LogP contribution in [-0.2, 0) is 19.5 Å². The zero-order chi connectivity index (χ0) is 19.8. The van der Waals surface area contributed by atoms with Crippen LogP contribution in [0, 0.1) is 0 Å². The predicted octanol–water partition coefficient (Wildman–Crippen LogP) is 4.22. The first kappa shape index (κ1) is 18.1. The molecule has 0 aliphatic carbocycles. The van der Waals surface area contributed by atoms with Crippen LogP contribution in [0.25, 0.3) is 21.6 Å². The predicted molar refractivity (Wildman–Crippen MR) is 116 cm³/mol. The Bertz CT molecular complexity index is 1230. The fourth-order valence-corrected chi connectivity index (χ4v) is 5.20. The standard InChI is InChI=1S/C23H21N3O2S/c1-28-17-9-5-8-16(12-17)21-24-22(27)20-18-10-11-26(13-15-6-3-2-4-7-15)14-19(18)29-23(20)25-21/h2-9,12H,10-11,13-14H2,1H3,(H,24,25,27). The minimum Gasteiger partial charge on any atom is -0.497 e. The molecule has 0 radical (unpaired) electrons. The molecule has 1 aliphatic rings. The number of ether oxygens (including phenoxy) is 1. The molecule has 2 aromatic carbocycles. The fourth-order valence-electron chi connectivity index (χ4n) is 3.94. The van der Waals surface area contributed by atoms with Gasteiger partial charge in [-0.05, 0) is 29.7 Å². The van der Waals surface area contributed by atoms with Crippen LogP contribution in [0.15, 0.2) is 59.4 Å². The van der Waals surface area contributed by atoms with Crippen molar-refractivity contribution in [3.63, 3.8) is 0 Å². The van der Waals surface area contributed by atoms with Crippen molar-refractivity contribution in [2.24, 2.45) is 0 Å². The van der Waals surface area contributed by atoms with E-state index in [1.54, 1.807) is 18.4 Å². The molecule has 146 valence electrons. The van der Waals surface area contributed by atoms with Crippen LogP contribution in [0.2, 0.25) is 0 Å². The first-order valence-electron chi connectivity index (χ1n) is 9.66. The number of aromatic amines is 1. The summed E-state index contributed by atoms with van der Waals surface area (Å²) in [6.07, 6.45) is 0.880. The quantitative estimate of drug-likeness (QED) is 0.554. The molecule has 0 spiro atoms. The summed E-state index contributed by atoms with van der Waals surface area (Å²) in [6.45, 7) is 2.73. The summed E-state index contributed by atoms with van der Waals surface area (Å²) in [5, 5.41) is 0.760. The minimum absolute atomic E-state index is 0.0539. The van der Waals surface area contributed by atoms with Crippen molar-refractivity contribution in [3.05, 3.63) is 81.0 Å². The van der Waals surface area contributed by atoms with Gasteiger partial charge in [0.05, 0.1) is 12.5 Å². The van der Waals surface area contributed by atoms with Gasteiger partial charge in [-0.2, -0.15) is 0 Å². The Morgan fingerprint density at radius 3 is 2.86 bits per heavy atom. The summed E-state index contributed by atoms with van der Waals surface area (Å²) in [5.41, 5.74) is 3.27. The van der Waals surface area contributed by atoms with Crippen molar-refractivity contribution in [2.45, 2.75) is 19.5 Å². The molecule has 5 rings (SSSR count). The molecular formula is C23H21N3O2S. The Hall–Kier alpha value is -2.96. The summed E-state index contributed by atoms with van der Waals surface area (Å²) in [6, 6.07) is 18.1. The van der Waals surface area contributed by atoms with E-state index in [1.165, 1.54) is 16.0 Å². The van der Waals surface area contributed by atoms with Crippen LogP contribution < -0.4 is 10.3 Å². The largest absolute Gasteiger partial charge is 0.497 e. The lowest BCUT2D eigenvalue weighted by atomic mass is 10.0. The van der Waals surface area contributed by atoms with E-state index in [4.69, 9.17) is 9.72 Å². The molecule has 0 atom stereocenters. The molecule has 0 amide bonds. The number of hydrogen-bond donors (Lipinski definition) is 1. The molecule has 2 aromatic heterocycles. The zero-order valence-corrected chi connectivity index (χ0v) is 17.0. The summed E-state index contributed by atoms with van der Waals surface area (Å²) in [7, 11) is 1.63. The van der Waals surface area contributed by atoms with Crippen LogP contribution in [0.3, 0.4) is 0 Å². The molecule has 0 unspecified atom stereocenters. The number of thiophene rings is 1. The Morgan fingerprint density at radius 1 is 1.17 bits per heavy atom. The highest BCUT2D eigenvalue weighted by Gasteiger charge is 2.24. The third kappa shape index (κ3) is 3.45. The molecule has 0 saturated carbocycles. The molecule has 5 nitrogen and oxygen atoms in total. The van der Waals surface area contributed by atoms with Crippen molar-refractivity contribution in [2.75, 3.05) is 13.7 Å². The third-order valence-corrected chi connectivity index (χ3v) is 6.49. The number of aromatic nitrogens is 2. The fraction of sp³-hybridized carbons (Fsp3) is 0.217. The van der Waals surface area contributed by atoms with E-state index in [0.29, 0.717) is 5.82 Å². The summed E-state index contributed by atoms with van der Waals surface area (Å²) in [5.74, 6) is 1.33. The van der Waals surface area contributed by atoms with Gasteiger partial charge in [0.1, 0.15) is 16.4 Å². The maximum absolute atomic E-state index is 12.9. The van der Waals surface area contributed by atoms with Crippen molar-refractivity contribution in [1.82, 2.24) is 14.9 Å². The molecule has 0 saturated heterocycles. The first-order chi connectivity index (χ1) is 14.2. The molecule has 0 fully saturated rings. The molecule has 0 bridgehead atoms. The highest BCUT2D eigenvalue weighted by Crippen LogP contribution is 2.34. The number of H-pyrrole nitrogens is 1. The van der Waals surface area contributed by atoms with Crippen LogP contribution in [0.4, 0.5) is 0 Å². The second-order valence-electron chi connectivity index (χ2n) is 7.28. The number of fused-ring (bicyclic) bond motifs is 3. The van der Waals surface area contributed by atoms with Crippen LogP contribution in [0.1, 0.15) is 16.0 Å². The number of nitrogens with zero attached hydrogens (tertiary/aromatic N) is 2. The van der Waals surface area contributed by atoms with Gasteiger partial charge < -0.3 is 9.72 Å². The van der Waals surface area contributed by atoms with Gasteiger partial charge in [0.15, 0.2) is 0 Å². The third-order valence-electron chi connectivity index (χ3n) is 5.38. The smallest absolute Gasteiger partial charge is 0.260 e. The summed E-state index contributed by atoms with van der Waals surface area (Å²) < 4.78 is 5.30. The van der Waals surface area contributed by atoms with Gasteiger partial charge in [0, 0.05) is 30.1 Å². The van der Waals surface area contributed by atoms with E-state index >= 15 is 0 Å². The van der Waals surface area contributed by atoms with Gasteiger partial charge in [-0.1, -0.05) is 42.5 Å². The van der Waals surface area contributed by atoms with Gasteiger partial charge in [-0.3, -0.25) is 9.69 Å². The van der Waals surface area contributed by atoms with E-state index in [0.717, 1.165) is 47.6 Å². The number of benzene rings is 2. The van der Waals surface area contributed by atoms with Crippen molar-refractivity contribution < 1.29 is 4.74 Å². The second kappa shape index (κ2) is 7.46. The SMILES string of the molecule is COc1cccc(-c2nc3sc4c(c3c(=O)[nH]2)CCN(Cc2ccccc2)C4)c1. The van der Waals surface area contributed by atoms with Crippen molar-refractivity contribution in [1.29, 1.82) is 0 Å². The topological polar surface area (TPSA) is 58.2 Å². The molecule has 4 aromatic rings. The Balaban J connectivity index is 1.49. The van der Waals surface area contributed by atoms with Gasteiger partial charge in [0.2, 0.25) is 0 Å². The molecule has 1 N–H and O–H groups in total. The van der Waals surface area contributed by atoms with Crippen molar-refractivity contribution in [3.8, 4) is 17.1 Å². The Morgan fingerprint density at radius 2 is 2.03 bits per heavy atom. The summed E-state index contributed by atoms with van der Waals surface area (Å²) >= 11 is 1.64. The van der Waals surface area contributed by atoms with Gasteiger partial charge in [-0.25, -0.2) is 4.98 Å². The van der Waals surface area contributed by atoms with E-state index in [-0.39, 0.29) is 5.56 Å². The second-order valence-corrected chi connectivity index (χ2v) is 8.36. The number of hydrogen-bond acceptors (Lipinski definition) is 5. The lowest BCUT2D eigenvalue weighted by Gasteiger charge is -2.26. The number of rotatable bonds is 4. The van der Waals surface area contributed by atoms with Crippen molar-refractivity contribution >= 4 is 21.6 Å². The lowest BCUT2D eigenvalue weighted by molar-refractivity contribution is 0.249. The Labute approximate surface area is 172 Å². The molecular weight excluding hydrogens is 382 g/mol. The molecule has 3 heterocycles. The summed E-state index contributed by atoms with van der Waals surface area (Å²) in [4.78, 5) is 25.2. The molecule has 29 heavy (non-hydrogen) atoms. The van der Waals surface area contributed by atoms with Crippen LogP contribution in [-0.4, -0.2) is 28.5 Å². The maximum atomic E-state index is 12.9. The van der Waals surface area contributed by atoms with E-state index in [9.17, 15) is 4.79 Å². The highest BCUT2D eigenvalue weighted by atomic mass is 32.1. The number of nitrogens with one attached hydrogen (secondary N) is 1. The zero-order valence-electron chi connectivity index (χ0n) is 16.1. The monoisotopic (exact) mass is 403 g/mol. The van der Waals surface area contributed by atoms with E-state index in [1.807, 2.05) is 30.3 Å². The van der Waals surface area contributed by atoms with E-state index in [2.05, 4.69) is 34.1 Å². The van der Waals surface area contributed by atoms with Crippen LogP contribution >= 0.6 is 11.3 Å². The minimum atomic E-state index is -0.0539. The first-order valence-corrected chi connectivity index (χ1v) is 10.5. The molecule has 1 aliphatic heterocycles. The maximum Gasteiger partial charge on any atom is 0.260 e. The lowest BCUT2D eigenvalue weighted by Crippen LogP contribution is -2.29. The average Bonchev–Trinajstić information content (AvgIpc) is 3.12. The van der Waals surface area contributed by atoms with E-state index < -0.39 is 0 Å². The Kier molecular flexibility index (Phi) is 4.66.